The second-order valence-electron chi connectivity index (χ2n) is 16.5. The van der Waals surface area contributed by atoms with E-state index in [1.807, 2.05) is 17.4 Å². The van der Waals surface area contributed by atoms with Crippen LogP contribution in [-0.4, -0.2) is 0 Å². The Balaban J connectivity index is 0.877. The molecule has 0 spiro atoms. The summed E-state index contributed by atoms with van der Waals surface area (Å²) in [5.74, 6) is 0. The molecular formula is C57H39NOS. The van der Waals surface area contributed by atoms with E-state index in [2.05, 4.69) is 213 Å². The summed E-state index contributed by atoms with van der Waals surface area (Å²) in [5, 5.41) is 4.96. The summed E-state index contributed by atoms with van der Waals surface area (Å²) >= 11 is 1.88. The predicted molar refractivity (Wildman–Crippen MR) is 255 cm³/mol. The van der Waals surface area contributed by atoms with Crippen LogP contribution >= 0.6 is 11.3 Å². The van der Waals surface area contributed by atoms with E-state index in [0.29, 0.717) is 0 Å². The number of hydrogen-bond acceptors (Lipinski definition) is 3. The molecule has 2 nitrogen and oxygen atoms in total. The normalized spacial score (nSPS) is 13.0. The van der Waals surface area contributed by atoms with E-state index in [1.54, 1.807) is 0 Å². The molecule has 284 valence electrons. The Kier molecular flexibility index (Phi) is 7.79. The van der Waals surface area contributed by atoms with E-state index in [-0.39, 0.29) is 5.41 Å². The number of fused-ring (bicyclic) bond motifs is 9. The highest BCUT2D eigenvalue weighted by atomic mass is 32.1. The van der Waals surface area contributed by atoms with E-state index in [1.165, 1.54) is 70.2 Å². The molecule has 0 amide bonds. The van der Waals surface area contributed by atoms with Crippen molar-refractivity contribution in [2.24, 2.45) is 0 Å². The Morgan fingerprint density at radius 3 is 1.82 bits per heavy atom. The lowest BCUT2D eigenvalue weighted by atomic mass is 9.81. The minimum absolute atomic E-state index is 0.138. The summed E-state index contributed by atoms with van der Waals surface area (Å²) in [6.45, 7) is 4.71. The zero-order valence-electron chi connectivity index (χ0n) is 33.3. The first kappa shape index (κ1) is 34.8. The smallest absolute Gasteiger partial charge is 0.143 e. The molecule has 3 heteroatoms. The van der Waals surface area contributed by atoms with Crippen molar-refractivity contribution < 1.29 is 4.42 Å². The highest BCUT2D eigenvalue weighted by Crippen LogP contribution is 2.51. The SMILES string of the molecule is CC1(C)c2ccc(-c3ccc(N(c4ccccc4)c4ccc(-c5cccc6c5sc5ccccc56)cc4)cc3)cc2-c2ccc(-c3cccc4c3oc3ccccc34)cc21. The first-order chi connectivity index (χ1) is 29.5. The number of nitrogens with zero attached hydrogens (tertiary/aromatic N) is 1. The van der Waals surface area contributed by atoms with E-state index < -0.39 is 0 Å². The molecule has 0 bridgehead atoms. The lowest BCUT2D eigenvalue weighted by molar-refractivity contribution is 0.660. The van der Waals surface area contributed by atoms with E-state index >= 15 is 0 Å². The summed E-state index contributed by atoms with van der Waals surface area (Å²) < 4.78 is 9.11. The van der Waals surface area contributed by atoms with Crippen LogP contribution in [-0.2, 0) is 5.41 Å². The van der Waals surface area contributed by atoms with E-state index in [9.17, 15) is 0 Å². The maximum atomic E-state index is 6.45. The maximum absolute atomic E-state index is 6.45. The monoisotopic (exact) mass is 785 g/mol. The molecule has 12 rings (SSSR count). The lowest BCUT2D eigenvalue weighted by Crippen LogP contribution is -2.15. The van der Waals surface area contributed by atoms with Gasteiger partial charge in [-0.1, -0.05) is 153 Å². The van der Waals surface area contributed by atoms with E-state index in [4.69, 9.17) is 4.42 Å². The molecule has 2 heterocycles. The highest BCUT2D eigenvalue weighted by molar-refractivity contribution is 7.26. The number of anilines is 3. The fraction of sp³-hybridized carbons (Fsp3) is 0.0526. The van der Waals surface area contributed by atoms with Crippen molar-refractivity contribution in [1.82, 2.24) is 0 Å². The summed E-state index contributed by atoms with van der Waals surface area (Å²) in [6, 6.07) is 73.0. The standard InChI is InChI=1S/C57H39NOS/c1-57(2)51-33-27-38(34-50(51)45-32-26-39(35-52(45)57)43-16-10-18-48-46-14-6-8-20-53(46)59-55(43)48)36-22-28-41(29-23-36)58(40-12-4-3-5-13-40)42-30-24-37(25-31-42)44-17-11-19-49-47-15-7-9-21-54(47)60-56(44)49/h3-35H,1-2H3. The Morgan fingerprint density at radius 2 is 1.02 bits per heavy atom. The van der Waals surface area contributed by atoms with Gasteiger partial charge in [-0.25, -0.2) is 0 Å². The molecule has 1 aliphatic rings. The summed E-state index contributed by atoms with van der Waals surface area (Å²) in [6.07, 6.45) is 0. The van der Waals surface area contributed by atoms with Gasteiger partial charge in [-0.15, -0.1) is 11.3 Å². The first-order valence-corrected chi connectivity index (χ1v) is 21.5. The van der Waals surface area contributed by atoms with Crippen molar-refractivity contribution in [2.45, 2.75) is 19.3 Å². The fourth-order valence-electron chi connectivity index (χ4n) is 9.67. The third kappa shape index (κ3) is 5.40. The Labute approximate surface area is 353 Å². The lowest BCUT2D eigenvalue weighted by Gasteiger charge is -2.26. The van der Waals surface area contributed by atoms with E-state index in [0.717, 1.165) is 44.6 Å². The summed E-state index contributed by atoms with van der Waals surface area (Å²) in [5.41, 5.74) is 17.6. The molecule has 60 heavy (non-hydrogen) atoms. The Morgan fingerprint density at radius 1 is 0.400 bits per heavy atom. The quantitative estimate of drug-likeness (QED) is 0.167. The maximum Gasteiger partial charge on any atom is 0.143 e. The van der Waals surface area contributed by atoms with Crippen LogP contribution in [0.2, 0.25) is 0 Å². The van der Waals surface area contributed by atoms with Gasteiger partial charge in [-0.3, -0.25) is 0 Å². The Bertz CT molecular complexity index is 3440. The Hall–Kier alpha value is -7.20. The van der Waals surface area contributed by atoms with Crippen LogP contribution in [0.5, 0.6) is 0 Å². The van der Waals surface area contributed by atoms with Crippen molar-refractivity contribution >= 4 is 70.5 Å². The molecule has 0 atom stereocenters. The van der Waals surface area contributed by atoms with Gasteiger partial charge >= 0.3 is 0 Å². The molecule has 0 saturated heterocycles. The predicted octanol–water partition coefficient (Wildman–Crippen LogP) is 16.7. The third-order valence-corrected chi connectivity index (χ3v) is 13.9. The van der Waals surface area contributed by atoms with Gasteiger partial charge < -0.3 is 9.32 Å². The average molecular weight is 786 g/mol. The van der Waals surface area contributed by atoms with Crippen LogP contribution in [0, 0.1) is 0 Å². The number of para-hydroxylation sites is 3. The van der Waals surface area contributed by atoms with Crippen molar-refractivity contribution in [2.75, 3.05) is 4.90 Å². The molecule has 0 radical (unpaired) electrons. The first-order valence-electron chi connectivity index (χ1n) is 20.7. The minimum Gasteiger partial charge on any atom is -0.455 e. The number of hydrogen-bond donors (Lipinski definition) is 0. The molecule has 0 fully saturated rings. The van der Waals surface area contributed by atoms with Crippen LogP contribution in [0.1, 0.15) is 25.0 Å². The van der Waals surface area contributed by atoms with Crippen molar-refractivity contribution in [3.8, 4) is 44.5 Å². The van der Waals surface area contributed by atoms with Gasteiger partial charge in [0.15, 0.2) is 0 Å². The second kappa shape index (κ2) is 13.4. The molecule has 11 aromatic rings. The van der Waals surface area contributed by atoms with Gasteiger partial charge in [0, 0.05) is 59.0 Å². The second-order valence-corrected chi connectivity index (χ2v) is 17.5. The summed E-state index contributed by atoms with van der Waals surface area (Å²) in [4.78, 5) is 2.35. The summed E-state index contributed by atoms with van der Waals surface area (Å²) in [7, 11) is 0. The third-order valence-electron chi connectivity index (χ3n) is 12.7. The molecule has 1 aliphatic carbocycles. The molecule has 0 aliphatic heterocycles. The van der Waals surface area contributed by atoms with Gasteiger partial charge in [0.25, 0.3) is 0 Å². The largest absolute Gasteiger partial charge is 0.455 e. The molecule has 0 unspecified atom stereocenters. The van der Waals surface area contributed by atoms with Gasteiger partial charge in [0.2, 0.25) is 0 Å². The minimum atomic E-state index is -0.138. The molecule has 2 aromatic heterocycles. The highest BCUT2D eigenvalue weighted by Gasteiger charge is 2.36. The van der Waals surface area contributed by atoms with Gasteiger partial charge in [-0.05, 0) is 111 Å². The zero-order chi connectivity index (χ0) is 40.0. The van der Waals surface area contributed by atoms with Gasteiger partial charge in [0.1, 0.15) is 11.2 Å². The number of furan rings is 1. The number of thiophene rings is 1. The molecule has 0 N–H and O–H groups in total. The van der Waals surface area contributed by atoms with Crippen LogP contribution < -0.4 is 4.90 Å². The van der Waals surface area contributed by atoms with Crippen molar-refractivity contribution in [1.29, 1.82) is 0 Å². The molecule has 0 saturated carbocycles. The number of rotatable bonds is 6. The molecule has 9 aromatic carbocycles. The topological polar surface area (TPSA) is 16.4 Å². The van der Waals surface area contributed by atoms with Crippen LogP contribution in [0.3, 0.4) is 0 Å². The van der Waals surface area contributed by atoms with Crippen molar-refractivity contribution in [3.63, 3.8) is 0 Å². The zero-order valence-corrected chi connectivity index (χ0v) is 34.1. The van der Waals surface area contributed by atoms with Crippen molar-refractivity contribution in [3.05, 3.63) is 211 Å². The number of benzene rings is 9. The van der Waals surface area contributed by atoms with Gasteiger partial charge in [0.05, 0.1) is 0 Å². The molecular weight excluding hydrogens is 747 g/mol. The fourth-order valence-corrected chi connectivity index (χ4v) is 10.9. The van der Waals surface area contributed by atoms with Crippen LogP contribution in [0.15, 0.2) is 205 Å². The van der Waals surface area contributed by atoms with Crippen LogP contribution in [0.4, 0.5) is 17.1 Å². The van der Waals surface area contributed by atoms with Gasteiger partial charge in [-0.2, -0.15) is 0 Å². The average Bonchev–Trinajstić information content (AvgIpc) is 3.95. The van der Waals surface area contributed by atoms with Crippen LogP contribution in [0.25, 0.3) is 86.6 Å².